The Bertz CT molecular complexity index is 854. The van der Waals surface area contributed by atoms with Crippen LogP contribution in [-0.2, 0) is 23.1 Å². The van der Waals surface area contributed by atoms with Gasteiger partial charge in [0.2, 0.25) is 5.91 Å². The van der Waals surface area contributed by atoms with Gasteiger partial charge in [0.05, 0.1) is 18.7 Å². The van der Waals surface area contributed by atoms with Crippen LogP contribution in [-0.4, -0.2) is 52.5 Å². The number of primary amides is 1. The number of nitrogens with zero attached hydrogens (tertiary/aromatic N) is 3. The first-order chi connectivity index (χ1) is 13.3. The molecule has 0 bridgehead atoms. The van der Waals surface area contributed by atoms with E-state index in [4.69, 9.17) is 26.8 Å². The lowest BCUT2D eigenvalue weighted by Crippen LogP contribution is -2.56. The molecule has 2 N–H and O–H groups in total. The number of ether oxygens (including phenoxy) is 2. The molecule has 7 nitrogen and oxygen atoms in total. The van der Waals surface area contributed by atoms with E-state index < -0.39 is 11.5 Å². The lowest BCUT2D eigenvalue weighted by molar-refractivity contribution is -0.148. The van der Waals surface area contributed by atoms with E-state index in [9.17, 15) is 4.79 Å². The SMILES string of the molecule is Cc1nn(C)c(C)c1CN1CCOC(COc2cccc(Cl)c2)(CC(N)=O)C1. The summed E-state index contributed by atoms with van der Waals surface area (Å²) in [6.45, 7) is 6.86. The molecule has 0 spiro atoms. The molecule has 28 heavy (non-hydrogen) atoms. The van der Waals surface area contributed by atoms with Gasteiger partial charge >= 0.3 is 0 Å². The summed E-state index contributed by atoms with van der Waals surface area (Å²) in [5.74, 6) is 0.223. The van der Waals surface area contributed by atoms with Crippen LogP contribution >= 0.6 is 11.6 Å². The molecule has 1 fully saturated rings. The minimum Gasteiger partial charge on any atom is -0.490 e. The zero-order valence-corrected chi connectivity index (χ0v) is 17.3. The molecule has 1 aliphatic rings. The highest BCUT2D eigenvalue weighted by Gasteiger charge is 2.39. The molecular weight excluding hydrogens is 380 g/mol. The molecule has 1 atom stereocenters. The lowest BCUT2D eigenvalue weighted by atomic mass is 9.97. The third-order valence-corrected chi connectivity index (χ3v) is 5.40. The number of carbonyl (C=O) groups is 1. The first-order valence-corrected chi connectivity index (χ1v) is 9.68. The Morgan fingerprint density at radius 2 is 2.21 bits per heavy atom. The van der Waals surface area contributed by atoms with Crippen molar-refractivity contribution >= 4 is 17.5 Å². The molecule has 1 aliphatic heterocycles. The van der Waals surface area contributed by atoms with Gasteiger partial charge in [0.15, 0.2) is 0 Å². The fourth-order valence-corrected chi connectivity index (χ4v) is 3.84. The van der Waals surface area contributed by atoms with E-state index >= 15 is 0 Å². The lowest BCUT2D eigenvalue weighted by Gasteiger charge is -2.42. The Morgan fingerprint density at radius 1 is 1.43 bits per heavy atom. The average molecular weight is 407 g/mol. The number of halogens is 1. The van der Waals surface area contributed by atoms with Gasteiger partial charge in [-0.1, -0.05) is 17.7 Å². The molecule has 3 rings (SSSR count). The Hall–Kier alpha value is -2.09. The molecule has 1 amide bonds. The molecule has 1 aromatic heterocycles. The molecule has 1 unspecified atom stereocenters. The first-order valence-electron chi connectivity index (χ1n) is 9.30. The normalized spacial score (nSPS) is 20.3. The highest BCUT2D eigenvalue weighted by atomic mass is 35.5. The Kier molecular flexibility index (Phi) is 6.27. The minimum atomic E-state index is -0.795. The second kappa shape index (κ2) is 8.51. The van der Waals surface area contributed by atoms with Crippen molar-refractivity contribution in [1.29, 1.82) is 0 Å². The minimum absolute atomic E-state index is 0.0923. The number of aromatic nitrogens is 2. The van der Waals surface area contributed by atoms with Gasteiger partial charge in [-0.3, -0.25) is 14.4 Å². The van der Waals surface area contributed by atoms with Crippen LogP contribution in [0.5, 0.6) is 5.75 Å². The molecule has 2 heterocycles. The number of carbonyl (C=O) groups excluding carboxylic acids is 1. The number of hydrogen-bond acceptors (Lipinski definition) is 5. The van der Waals surface area contributed by atoms with E-state index in [0.717, 1.165) is 24.5 Å². The average Bonchev–Trinajstić information content (AvgIpc) is 2.86. The zero-order valence-electron chi connectivity index (χ0n) is 16.6. The summed E-state index contributed by atoms with van der Waals surface area (Å²) in [4.78, 5) is 14.0. The summed E-state index contributed by atoms with van der Waals surface area (Å²) >= 11 is 6.03. The molecular formula is C20H27ClN4O3. The fourth-order valence-electron chi connectivity index (χ4n) is 3.66. The maximum absolute atomic E-state index is 11.7. The summed E-state index contributed by atoms with van der Waals surface area (Å²) in [5, 5.41) is 5.09. The predicted molar refractivity (Wildman–Crippen MR) is 107 cm³/mol. The monoisotopic (exact) mass is 406 g/mol. The highest BCUT2D eigenvalue weighted by Crippen LogP contribution is 2.27. The topological polar surface area (TPSA) is 82.6 Å². The molecule has 0 aliphatic carbocycles. The third-order valence-electron chi connectivity index (χ3n) is 5.16. The molecule has 0 saturated carbocycles. The van der Waals surface area contributed by atoms with E-state index in [1.54, 1.807) is 12.1 Å². The summed E-state index contributed by atoms with van der Waals surface area (Å²) < 4.78 is 13.9. The maximum atomic E-state index is 11.7. The number of morpholine rings is 1. The van der Waals surface area contributed by atoms with Crippen molar-refractivity contribution in [1.82, 2.24) is 14.7 Å². The smallest absolute Gasteiger partial charge is 0.220 e. The van der Waals surface area contributed by atoms with Crippen LogP contribution in [0.25, 0.3) is 0 Å². The number of rotatable bonds is 7. The van der Waals surface area contributed by atoms with Crippen LogP contribution < -0.4 is 10.5 Å². The van der Waals surface area contributed by atoms with Gasteiger partial charge in [-0.25, -0.2) is 0 Å². The van der Waals surface area contributed by atoms with Crippen LogP contribution in [0.1, 0.15) is 23.4 Å². The van der Waals surface area contributed by atoms with Gasteiger partial charge in [0, 0.05) is 43.0 Å². The van der Waals surface area contributed by atoms with Crippen molar-refractivity contribution in [2.75, 3.05) is 26.3 Å². The Balaban J connectivity index is 1.75. The largest absolute Gasteiger partial charge is 0.490 e. The van der Waals surface area contributed by atoms with E-state index in [1.165, 1.54) is 5.56 Å². The number of benzene rings is 1. The van der Waals surface area contributed by atoms with E-state index in [-0.39, 0.29) is 13.0 Å². The molecule has 0 radical (unpaired) electrons. The van der Waals surface area contributed by atoms with Crippen LogP contribution in [0.2, 0.25) is 5.02 Å². The standard InChI is InChI=1S/C20H27ClN4O3/c1-14-18(15(2)24(3)23-14)11-25-7-8-28-20(12-25,10-19(22)26)13-27-17-6-4-5-16(21)9-17/h4-6,9H,7-8,10-13H2,1-3H3,(H2,22,26). The zero-order chi connectivity index (χ0) is 20.3. The fraction of sp³-hybridized carbons (Fsp3) is 0.500. The van der Waals surface area contributed by atoms with Crippen molar-refractivity contribution < 1.29 is 14.3 Å². The van der Waals surface area contributed by atoms with Crippen LogP contribution in [0.15, 0.2) is 24.3 Å². The Labute approximate surface area is 170 Å². The van der Waals surface area contributed by atoms with Gasteiger partial charge in [0.1, 0.15) is 18.0 Å². The number of amides is 1. The van der Waals surface area contributed by atoms with E-state index in [2.05, 4.69) is 16.9 Å². The maximum Gasteiger partial charge on any atom is 0.220 e. The van der Waals surface area contributed by atoms with Gasteiger partial charge in [-0.15, -0.1) is 0 Å². The number of aryl methyl sites for hydroxylation is 2. The van der Waals surface area contributed by atoms with Crippen molar-refractivity contribution in [3.05, 3.63) is 46.2 Å². The van der Waals surface area contributed by atoms with Crippen molar-refractivity contribution in [3.63, 3.8) is 0 Å². The van der Waals surface area contributed by atoms with E-state index in [0.29, 0.717) is 23.9 Å². The number of hydrogen-bond donors (Lipinski definition) is 1. The van der Waals surface area contributed by atoms with E-state index in [1.807, 2.05) is 30.8 Å². The second-order valence-corrected chi connectivity index (χ2v) is 7.84. The summed E-state index contributed by atoms with van der Waals surface area (Å²) in [7, 11) is 1.95. The van der Waals surface area contributed by atoms with Crippen molar-refractivity contribution in [2.45, 2.75) is 32.4 Å². The van der Waals surface area contributed by atoms with Gasteiger partial charge in [0.25, 0.3) is 0 Å². The molecule has 152 valence electrons. The number of nitrogens with two attached hydrogens (primary N) is 1. The highest BCUT2D eigenvalue weighted by molar-refractivity contribution is 6.30. The quantitative estimate of drug-likeness (QED) is 0.762. The van der Waals surface area contributed by atoms with Crippen molar-refractivity contribution in [3.8, 4) is 5.75 Å². The molecule has 8 heteroatoms. The second-order valence-electron chi connectivity index (χ2n) is 7.40. The van der Waals surface area contributed by atoms with Gasteiger partial charge < -0.3 is 15.2 Å². The molecule has 1 aromatic carbocycles. The van der Waals surface area contributed by atoms with Crippen LogP contribution in [0.4, 0.5) is 0 Å². The van der Waals surface area contributed by atoms with Gasteiger partial charge in [-0.05, 0) is 32.0 Å². The summed E-state index contributed by atoms with van der Waals surface area (Å²) in [5.41, 5.74) is 8.08. The third kappa shape index (κ3) is 4.84. The first kappa shape index (κ1) is 20.6. The Morgan fingerprint density at radius 3 is 2.86 bits per heavy atom. The van der Waals surface area contributed by atoms with Crippen molar-refractivity contribution in [2.24, 2.45) is 12.8 Å². The summed E-state index contributed by atoms with van der Waals surface area (Å²) in [6, 6.07) is 7.17. The van der Waals surface area contributed by atoms with Crippen LogP contribution in [0, 0.1) is 13.8 Å². The predicted octanol–water partition coefficient (Wildman–Crippen LogP) is 2.22. The van der Waals surface area contributed by atoms with Crippen LogP contribution in [0.3, 0.4) is 0 Å². The molecule has 2 aromatic rings. The summed E-state index contributed by atoms with van der Waals surface area (Å²) in [6.07, 6.45) is 0.0923. The molecule has 1 saturated heterocycles. The van der Waals surface area contributed by atoms with Gasteiger partial charge in [-0.2, -0.15) is 5.10 Å².